The van der Waals surface area contributed by atoms with E-state index in [0.29, 0.717) is 35.4 Å². The van der Waals surface area contributed by atoms with E-state index in [1.165, 1.54) is 6.07 Å². The highest BCUT2D eigenvalue weighted by Gasteiger charge is 2.09. The summed E-state index contributed by atoms with van der Waals surface area (Å²) in [7, 11) is 0. The lowest BCUT2D eigenvalue weighted by atomic mass is 10.3. The molecule has 0 saturated carbocycles. The zero-order chi connectivity index (χ0) is 16.4. The number of carbonyl (C=O) groups is 1. The molecular weight excluding hydrogens is 333 g/mol. The van der Waals surface area contributed by atoms with Crippen LogP contribution < -0.4 is 4.74 Å². The summed E-state index contributed by atoms with van der Waals surface area (Å²) in [6, 6.07) is 4.70. The molecule has 0 atom stereocenters. The van der Waals surface area contributed by atoms with E-state index in [9.17, 15) is 4.79 Å². The van der Waals surface area contributed by atoms with E-state index in [2.05, 4.69) is 0 Å². The monoisotopic (exact) mass is 351 g/mol. The van der Waals surface area contributed by atoms with Crippen molar-refractivity contribution in [3.05, 3.63) is 28.2 Å². The summed E-state index contributed by atoms with van der Waals surface area (Å²) in [5, 5.41) is 18.5. The molecule has 124 valence electrons. The number of esters is 1. The normalized spacial score (nSPS) is 10.8. The second-order valence-corrected chi connectivity index (χ2v) is 5.22. The molecule has 1 rings (SSSR count). The molecule has 0 heterocycles. The van der Waals surface area contributed by atoms with Gasteiger partial charge in [0, 0.05) is 24.7 Å². The maximum absolute atomic E-state index is 11.6. The first kappa shape index (κ1) is 19.0. The van der Waals surface area contributed by atoms with Crippen molar-refractivity contribution in [2.75, 3.05) is 46.1 Å². The van der Waals surface area contributed by atoms with Gasteiger partial charge in [-0.05, 0) is 18.2 Å². The van der Waals surface area contributed by atoms with Crippen LogP contribution in [-0.2, 0) is 9.53 Å². The number of benzene rings is 1. The number of aliphatic hydroxyl groups is 2. The van der Waals surface area contributed by atoms with Crippen molar-refractivity contribution in [3.8, 4) is 5.75 Å². The van der Waals surface area contributed by atoms with E-state index in [1.54, 1.807) is 17.0 Å². The van der Waals surface area contributed by atoms with Gasteiger partial charge < -0.3 is 19.7 Å². The number of ether oxygens (including phenoxy) is 2. The molecule has 0 saturated heterocycles. The second-order valence-electron chi connectivity index (χ2n) is 4.37. The summed E-state index contributed by atoms with van der Waals surface area (Å²) in [6.07, 6.45) is 0. The van der Waals surface area contributed by atoms with Gasteiger partial charge in [-0.2, -0.15) is 0 Å². The second kappa shape index (κ2) is 10.6. The fourth-order valence-electron chi connectivity index (χ4n) is 1.68. The molecule has 2 N–H and O–H groups in total. The van der Waals surface area contributed by atoms with E-state index >= 15 is 0 Å². The Bertz CT molecular complexity index is 467. The average molecular weight is 352 g/mol. The highest BCUT2D eigenvalue weighted by atomic mass is 35.5. The van der Waals surface area contributed by atoms with Crippen LogP contribution >= 0.6 is 23.2 Å². The number of nitrogens with zero attached hydrogens (tertiary/aromatic N) is 1. The predicted octanol–water partition coefficient (Wildman–Crippen LogP) is 1.20. The van der Waals surface area contributed by atoms with Crippen molar-refractivity contribution in [2.45, 2.75) is 0 Å². The highest BCUT2D eigenvalue weighted by molar-refractivity contribution is 6.35. The molecule has 0 aliphatic rings. The quantitative estimate of drug-likeness (QED) is 0.616. The lowest BCUT2D eigenvalue weighted by Crippen LogP contribution is -2.33. The van der Waals surface area contributed by atoms with Gasteiger partial charge in [0.2, 0.25) is 0 Å². The molecule has 0 unspecified atom stereocenters. The number of hydrogen-bond acceptors (Lipinski definition) is 6. The van der Waals surface area contributed by atoms with Crippen LogP contribution in [0.25, 0.3) is 0 Å². The molecule has 1 aromatic rings. The molecule has 0 aromatic heterocycles. The van der Waals surface area contributed by atoms with Crippen LogP contribution in [0, 0.1) is 0 Å². The van der Waals surface area contributed by atoms with Gasteiger partial charge in [-0.3, -0.25) is 4.90 Å². The summed E-state index contributed by atoms with van der Waals surface area (Å²) in [5.41, 5.74) is 0. The van der Waals surface area contributed by atoms with Crippen molar-refractivity contribution in [1.29, 1.82) is 0 Å². The lowest BCUT2D eigenvalue weighted by molar-refractivity contribution is -0.146. The first-order chi connectivity index (χ1) is 10.6. The van der Waals surface area contributed by atoms with Gasteiger partial charge in [-0.25, -0.2) is 4.79 Å². The maximum atomic E-state index is 11.6. The summed E-state index contributed by atoms with van der Waals surface area (Å²) < 4.78 is 10.3. The van der Waals surface area contributed by atoms with E-state index in [-0.39, 0.29) is 26.4 Å². The Hall–Kier alpha value is -1.05. The van der Waals surface area contributed by atoms with Crippen molar-refractivity contribution < 1.29 is 24.5 Å². The fourth-order valence-corrected chi connectivity index (χ4v) is 2.14. The van der Waals surface area contributed by atoms with E-state index in [1.807, 2.05) is 0 Å². The summed E-state index contributed by atoms with van der Waals surface area (Å²) in [6.45, 7) is 1.09. The number of carbonyl (C=O) groups excluding carboxylic acids is 1. The Balaban J connectivity index is 2.28. The van der Waals surface area contributed by atoms with Crippen LogP contribution in [0.15, 0.2) is 18.2 Å². The third-order valence-electron chi connectivity index (χ3n) is 2.74. The number of hydrogen-bond donors (Lipinski definition) is 2. The maximum Gasteiger partial charge on any atom is 0.344 e. The first-order valence-corrected chi connectivity index (χ1v) is 7.50. The summed E-state index contributed by atoms with van der Waals surface area (Å²) >= 11 is 11.7. The number of halogens is 2. The van der Waals surface area contributed by atoms with Crippen LogP contribution in [0.3, 0.4) is 0 Å². The van der Waals surface area contributed by atoms with Crippen molar-refractivity contribution in [2.24, 2.45) is 0 Å². The Kier molecular flexibility index (Phi) is 9.19. The molecule has 0 fully saturated rings. The zero-order valence-electron chi connectivity index (χ0n) is 12.0. The molecule has 0 radical (unpaired) electrons. The Labute approximate surface area is 139 Å². The molecule has 0 aliphatic heterocycles. The molecule has 6 nitrogen and oxygen atoms in total. The Morgan fingerprint density at radius 3 is 2.41 bits per heavy atom. The fraction of sp³-hybridized carbons (Fsp3) is 0.500. The van der Waals surface area contributed by atoms with Gasteiger partial charge in [0.1, 0.15) is 12.4 Å². The van der Waals surface area contributed by atoms with Gasteiger partial charge in [0.05, 0.1) is 18.2 Å². The van der Waals surface area contributed by atoms with E-state index in [0.717, 1.165) is 0 Å². The molecule has 0 bridgehead atoms. The molecule has 8 heteroatoms. The van der Waals surface area contributed by atoms with Crippen molar-refractivity contribution in [3.63, 3.8) is 0 Å². The minimum absolute atomic E-state index is 0.0217. The predicted molar refractivity (Wildman–Crippen MR) is 83.5 cm³/mol. The minimum atomic E-state index is -0.529. The molecule has 0 aliphatic carbocycles. The first-order valence-electron chi connectivity index (χ1n) is 6.74. The topological polar surface area (TPSA) is 79.2 Å². The van der Waals surface area contributed by atoms with Gasteiger partial charge >= 0.3 is 5.97 Å². The van der Waals surface area contributed by atoms with Crippen molar-refractivity contribution >= 4 is 29.2 Å². The van der Waals surface area contributed by atoms with Crippen molar-refractivity contribution in [1.82, 2.24) is 4.90 Å². The summed E-state index contributed by atoms with van der Waals surface area (Å²) in [5.74, 6) is -0.177. The zero-order valence-corrected chi connectivity index (χ0v) is 13.5. The van der Waals surface area contributed by atoms with E-state index in [4.69, 9.17) is 42.9 Å². The Morgan fingerprint density at radius 1 is 1.14 bits per heavy atom. The minimum Gasteiger partial charge on any atom is -0.480 e. The molecule has 0 amide bonds. The van der Waals surface area contributed by atoms with Gasteiger partial charge in [0.15, 0.2) is 6.61 Å². The number of rotatable bonds is 10. The largest absolute Gasteiger partial charge is 0.480 e. The SMILES string of the molecule is O=C(COc1ccc(Cl)cc1Cl)OCCN(CCO)CCO. The molecule has 1 aromatic carbocycles. The third kappa shape index (κ3) is 7.29. The Morgan fingerprint density at radius 2 is 1.82 bits per heavy atom. The van der Waals surface area contributed by atoms with E-state index < -0.39 is 5.97 Å². The van der Waals surface area contributed by atoms with Crippen LogP contribution in [0.4, 0.5) is 0 Å². The van der Waals surface area contributed by atoms with Crippen LogP contribution in [0.1, 0.15) is 0 Å². The van der Waals surface area contributed by atoms with Gasteiger partial charge in [-0.1, -0.05) is 23.2 Å². The van der Waals surface area contributed by atoms with Gasteiger partial charge in [0.25, 0.3) is 0 Å². The third-order valence-corrected chi connectivity index (χ3v) is 3.27. The molecular formula is C14H19Cl2NO5. The van der Waals surface area contributed by atoms with Crippen LogP contribution in [-0.4, -0.2) is 67.1 Å². The number of aliphatic hydroxyl groups excluding tert-OH is 2. The summed E-state index contributed by atoms with van der Waals surface area (Å²) in [4.78, 5) is 13.3. The molecule has 0 spiro atoms. The van der Waals surface area contributed by atoms with Crippen LogP contribution in [0.5, 0.6) is 5.75 Å². The average Bonchev–Trinajstić information content (AvgIpc) is 2.47. The van der Waals surface area contributed by atoms with Crippen LogP contribution in [0.2, 0.25) is 10.0 Å². The smallest absolute Gasteiger partial charge is 0.344 e. The lowest BCUT2D eigenvalue weighted by Gasteiger charge is -2.19. The highest BCUT2D eigenvalue weighted by Crippen LogP contribution is 2.27. The van der Waals surface area contributed by atoms with Gasteiger partial charge in [-0.15, -0.1) is 0 Å². The standard InChI is InChI=1S/C14H19Cl2NO5/c15-11-1-2-13(12(16)9-11)22-10-14(20)21-8-5-17(3-6-18)4-7-19/h1-2,9,18-19H,3-8,10H2. The molecule has 22 heavy (non-hydrogen) atoms.